The number of thioether (sulfide) groups is 1. The van der Waals surface area contributed by atoms with Crippen LogP contribution < -0.4 is 75.7 Å². The summed E-state index contributed by atoms with van der Waals surface area (Å²) in [6, 6.07) is 0.0805. The molecule has 17 amide bonds. The molecule has 3 aliphatic rings. The summed E-state index contributed by atoms with van der Waals surface area (Å²) >= 11 is 0.760. The van der Waals surface area contributed by atoms with E-state index in [0.717, 1.165) is 36.3 Å². The van der Waals surface area contributed by atoms with Crippen molar-refractivity contribution in [3.05, 3.63) is 126 Å². The van der Waals surface area contributed by atoms with E-state index in [1.165, 1.54) is 64.9 Å². The molecule has 6 aromatic rings. The van der Waals surface area contributed by atoms with E-state index >= 15 is 38.4 Å². The van der Waals surface area contributed by atoms with Gasteiger partial charge in [-0.1, -0.05) is 102 Å². The number of unbranched alkanes of at least 4 members (excludes halogenated alkanes) is 2. The van der Waals surface area contributed by atoms with Gasteiger partial charge in [-0.3, -0.25) is 86.9 Å². The number of imidazole rings is 1. The number of nitrogens with zero attached hydrogens (tertiary/aromatic N) is 7. The highest BCUT2D eigenvalue weighted by Gasteiger charge is 2.47. The van der Waals surface area contributed by atoms with Crippen molar-refractivity contribution in [1.29, 1.82) is 10.7 Å². The number of H-pyrrole nitrogens is 3. The highest BCUT2D eigenvalue weighted by atomic mass is 32.2. The van der Waals surface area contributed by atoms with E-state index in [0.29, 0.717) is 69.9 Å². The van der Waals surface area contributed by atoms with Crippen molar-refractivity contribution in [2.24, 2.45) is 23.1 Å². The Morgan fingerprint density at radius 2 is 1.11 bits per heavy atom. The first-order chi connectivity index (χ1) is 65.3. The first-order valence-electron chi connectivity index (χ1n) is 45.8. The minimum atomic E-state index is -1.90. The van der Waals surface area contributed by atoms with Crippen molar-refractivity contribution in [2.45, 2.75) is 234 Å². The van der Waals surface area contributed by atoms with Crippen molar-refractivity contribution >= 4 is 140 Å². The number of primary amides is 2. The topological polar surface area (TPSA) is 665 Å². The maximum atomic E-state index is 15.8. The molecule has 15 atom stereocenters. The molecule has 23 N–H and O–H groups in total. The quantitative estimate of drug-likeness (QED) is 0.0149. The van der Waals surface area contributed by atoms with Gasteiger partial charge >= 0.3 is 0 Å². The SMILES string of the molecule is CCCC[C@H]1C(=O)N(C)[C@@H](CCCC)C(=O)N[C@@H](CCCNC(=N)N)C(=O)N[C@H](C(=O)NCC(N)=O)CSCC(=O)N[C@@H](Cc2ccc(C#N)cc2)C(=O)N(C)[C@@H](C)C(=O)N[C@@H](CC(N)=O)C(=O)N2CCC[C@H]2C(=O)N[C@@H](Cc2cnc[nH]2)C(=O)N[C@@H](CC(C)C)C(=O)N2C[C@H](O)C[C@H]2C(=O)N[C@@H](Cc2c[nH]c3ccccc23)C(=O)N[C@@H](CO)C(=O)N[C@@H](Cc2c[nH]c3ccccc23)C(=O)N1C. The number of aliphatic hydroxyl groups is 2. The summed E-state index contributed by atoms with van der Waals surface area (Å²) in [7, 11) is 3.90. The van der Waals surface area contributed by atoms with Gasteiger partial charge in [-0.2, -0.15) is 5.26 Å². The van der Waals surface area contributed by atoms with Crippen molar-refractivity contribution in [3.8, 4) is 6.07 Å². The molecule has 0 bridgehead atoms. The lowest BCUT2D eigenvalue weighted by molar-refractivity contribution is -0.149. The van der Waals surface area contributed by atoms with Gasteiger partial charge in [0.2, 0.25) is 100 Å². The minimum Gasteiger partial charge on any atom is -0.394 e. The molecule has 3 fully saturated rings. The Morgan fingerprint density at radius 3 is 1.70 bits per heavy atom. The number of nitrogens with one attached hydrogen (secondary N) is 15. The summed E-state index contributed by atoms with van der Waals surface area (Å²) in [4.78, 5) is 270. The lowest BCUT2D eigenvalue weighted by atomic mass is 10.00. The van der Waals surface area contributed by atoms with Crippen LogP contribution in [-0.4, -0.2) is 317 Å². The van der Waals surface area contributed by atoms with Crippen LogP contribution in [0.4, 0.5) is 0 Å². The average molecular weight is 1920 g/mol. The van der Waals surface area contributed by atoms with Crippen molar-refractivity contribution in [2.75, 3.05) is 65.4 Å². The second-order valence-corrected chi connectivity index (χ2v) is 36.2. The van der Waals surface area contributed by atoms with Crippen molar-refractivity contribution in [3.63, 3.8) is 0 Å². The Kier molecular flexibility index (Phi) is 39.7. The molecule has 3 saturated heterocycles. The van der Waals surface area contributed by atoms with E-state index in [1.54, 1.807) is 74.8 Å². The molecule has 137 heavy (non-hydrogen) atoms. The van der Waals surface area contributed by atoms with Crippen LogP contribution >= 0.6 is 11.8 Å². The first kappa shape index (κ1) is 107. The lowest BCUT2D eigenvalue weighted by Crippen LogP contribution is -2.62. The molecule has 44 nitrogen and oxygen atoms in total. The third-order valence-electron chi connectivity index (χ3n) is 24.5. The number of aromatic nitrogens is 4. The molecule has 3 aromatic carbocycles. The number of nitriles is 1. The number of aromatic amines is 3. The van der Waals surface area contributed by atoms with Crippen LogP contribution in [0, 0.1) is 22.7 Å². The maximum Gasteiger partial charge on any atom is 0.246 e. The van der Waals surface area contributed by atoms with Gasteiger partial charge in [0.1, 0.15) is 84.6 Å². The smallest absolute Gasteiger partial charge is 0.246 e. The van der Waals surface area contributed by atoms with E-state index in [2.05, 4.69) is 78.4 Å². The molecule has 45 heteroatoms. The van der Waals surface area contributed by atoms with Gasteiger partial charge in [-0.15, -0.1) is 11.8 Å². The predicted octanol–water partition coefficient (Wildman–Crippen LogP) is -2.76. The zero-order valence-corrected chi connectivity index (χ0v) is 78.9. The Labute approximate surface area is 796 Å². The number of aliphatic hydroxyl groups excluding tert-OH is 2. The molecule has 3 aliphatic heterocycles. The molecule has 9 rings (SSSR count). The summed E-state index contributed by atoms with van der Waals surface area (Å²) in [6.07, 6.45) is 3.61. The van der Waals surface area contributed by atoms with Gasteiger partial charge in [0.05, 0.1) is 49.4 Å². The average Bonchev–Trinajstić information content (AvgIpc) is 1.80. The Bertz CT molecular complexity index is 5350. The highest BCUT2D eigenvalue weighted by Crippen LogP contribution is 2.28. The van der Waals surface area contributed by atoms with Gasteiger partial charge in [-0.05, 0) is 98.7 Å². The summed E-state index contributed by atoms with van der Waals surface area (Å²) in [5.41, 5.74) is 20.0. The zero-order valence-electron chi connectivity index (χ0n) is 78.1. The number of rotatable bonds is 26. The van der Waals surface area contributed by atoms with Crippen LogP contribution in [0.2, 0.25) is 0 Å². The van der Waals surface area contributed by atoms with Gasteiger partial charge in [0, 0.05) is 125 Å². The number of nitrogens with two attached hydrogens (primary N) is 3. The monoisotopic (exact) mass is 1920 g/mol. The van der Waals surface area contributed by atoms with Gasteiger partial charge < -0.3 is 125 Å². The van der Waals surface area contributed by atoms with E-state index < -0.39 is 241 Å². The number of carbonyl (C=O) groups excluding carboxylic acids is 17. The maximum absolute atomic E-state index is 15.8. The highest BCUT2D eigenvalue weighted by molar-refractivity contribution is 8.00. The van der Waals surface area contributed by atoms with Crippen LogP contribution in [-0.2, 0) is 107 Å². The predicted molar refractivity (Wildman–Crippen MR) is 503 cm³/mol. The summed E-state index contributed by atoms with van der Waals surface area (Å²) < 4.78 is 0. The largest absolute Gasteiger partial charge is 0.394 e. The Balaban J connectivity index is 1.11. The fourth-order valence-electron chi connectivity index (χ4n) is 16.9. The molecule has 0 saturated carbocycles. The third-order valence-corrected chi connectivity index (χ3v) is 25.5. The number of hydrogen-bond acceptors (Lipinski definition) is 23. The second-order valence-electron chi connectivity index (χ2n) is 35.1. The van der Waals surface area contributed by atoms with E-state index in [-0.39, 0.29) is 95.2 Å². The molecule has 0 aliphatic carbocycles. The number of likely N-dealkylation sites (N-methyl/N-ethyl adjacent to an activating group) is 3. The van der Waals surface area contributed by atoms with Crippen LogP contribution in [0.15, 0.2) is 97.7 Å². The molecular formula is C92H127N25O19S. The summed E-state index contributed by atoms with van der Waals surface area (Å²) in [5, 5.41) is 70.6. The zero-order chi connectivity index (χ0) is 100. The number of benzene rings is 3. The second kappa shape index (κ2) is 51.1. The summed E-state index contributed by atoms with van der Waals surface area (Å²) in [5.74, 6) is -18.0. The lowest BCUT2D eigenvalue weighted by Gasteiger charge is -2.36. The third kappa shape index (κ3) is 29.7. The number of para-hydroxylation sites is 2. The van der Waals surface area contributed by atoms with Gasteiger partial charge in [0.15, 0.2) is 5.96 Å². The van der Waals surface area contributed by atoms with Crippen LogP contribution in [0.25, 0.3) is 21.8 Å². The standard InChI is InChI=1S/C92H127N25O19S/c1-9-11-24-71-84(129)105-62(23-17-31-99-92(96)97)80(125)112-70(79(124)102-44-76(95)121)47-137-48-77(122)104-66(34-52-27-29-53(40-93)30-28-52)87(132)113(6)51(5)78(123)108-68(39-75(94)120)89(134)116-32-18-26-72(116)85(130)107-64(37-56-43-98-49-103-56)82(127)109-65(33-50(3)4)90(135)117-45-57(119)38-74(117)86(131)106-63(35-54-41-100-60-21-15-13-19-58(54)60)81(126)111-69(46-118)83(128)110-67(36-55-42-101-61-22-16-14-20-59(55)61)88(133)115(8)73(25-12-10-2)91(136)114(71)7/h13-16,19-22,27-30,41-43,49-51,57,62-74,100-101,118-119H,9-12,17-18,23-26,31-39,44-48H2,1-8H3,(H2,94,120)(H2,95,121)(H,98,103)(H,102,124)(H,104,122)(H,105,129)(H,106,131)(H,107,130)(H,108,123)(H,109,127)(H,110,128)(H,111,126)(H,112,125)(H4,96,97,99)/t51-,57+,62-,63-,64-,65-,66-,67-,68-,69-,70-,71-,72-,73-,74-/m0/s1. The molecule has 0 radical (unpaired) electrons. The normalized spacial score (nSPS) is 24.5. The first-order valence-corrected chi connectivity index (χ1v) is 47.0. The van der Waals surface area contributed by atoms with Crippen LogP contribution in [0.5, 0.6) is 0 Å². The number of carbonyl (C=O) groups is 17. The van der Waals surface area contributed by atoms with E-state index in [9.17, 15) is 58.6 Å². The number of fused-ring (bicyclic) bond motifs is 4. The minimum absolute atomic E-state index is 0.0143. The number of amides is 17. The molecule has 740 valence electrons. The Hall–Kier alpha value is -14.0. The van der Waals surface area contributed by atoms with Crippen molar-refractivity contribution < 1.29 is 91.7 Å². The number of guanidine groups is 1. The van der Waals surface area contributed by atoms with E-state index in [1.807, 2.05) is 19.9 Å². The molecular weight excluding hydrogens is 1790 g/mol. The van der Waals surface area contributed by atoms with Gasteiger partial charge in [-0.25, -0.2) is 4.98 Å². The van der Waals surface area contributed by atoms with E-state index in [4.69, 9.17) is 22.6 Å². The molecule has 3 aromatic heterocycles. The van der Waals surface area contributed by atoms with Crippen LogP contribution in [0.1, 0.15) is 146 Å². The fourth-order valence-corrected chi connectivity index (χ4v) is 17.7. The molecule has 0 unspecified atom stereocenters. The van der Waals surface area contributed by atoms with Gasteiger partial charge in [0.25, 0.3) is 0 Å². The van der Waals surface area contributed by atoms with Crippen molar-refractivity contribution in [1.82, 2.24) is 103 Å². The number of hydrogen-bond donors (Lipinski definition) is 20. The molecule has 6 heterocycles. The molecule has 0 spiro atoms. The van der Waals surface area contributed by atoms with Crippen LogP contribution in [0.3, 0.4) is 0 Å². The fraction of sp³-hybridized carbons (Fsp3) is 0.522. The summed E-state index contributed by atoms with van der Waals surface area (Å²) in [6.45, 7) is 5.99. The Morgan fingerprint density at radius 1 is 0.569 bits per heavy atom.